The lowest BCUT2D eigenvalue weighted by Gasteiger charge is -2.23. The van der Waals surface area contributed by atoms with Crippen molar-refractivity contribution in [3.05, 3.63) is 48.0 Å². The number of carbonyl (C=O) groups is 3. The van der Waals surface area contributed by atoms with E-state index in [0.717, 1.165) is 16.2 Å². The molecule has 1 saturated heterocycles. The maximum atomic E-state index is 13.2. The average Bonchev–Trinajstić information content (AvgIpc) is 2.93. The number of nitrogens with zero attached hydrogens (tertiary/aromatic N) is 1. The third-order valence-electron chi connectivity index (χ3n) is 5.28. The van der Waals surface area contributed by atoms with Crippen molar-refractivity contribution in [2.45, 2.75) is 23.8 Å². The smallest absolute Gasteiger partial charge is 0.325 e. The van der Waals surface area contributed by atoms with Crippen LogP contribution in [0.5, 0.6) is 11.5 Å². The average molecular weight is 442 g/mol. The molecule has 4 amide bonds. The number of fused-ring (bicyclic) bond motifs is 1. The van der Waals surface area contributed by atoms with Crippen molar-refractivity contribution in [2.75, 3.05) is 31.3 Å². The molecule has 0 radical (unpaired) electrons. The van der Waals surface area contributed by atoms with Crippen LogP contribution in [0.3, 0.4) is 0 Å². The summed E-state index contributed by atoms with van der Waals surface area (Å²) in [6, 6.07) is 11.9. The van der Waals surface area contributed by atoms with Crippen molar-refractivity contribution >= 4 is 35.3 Å². The number of urea groups is 1. The minimum atomic E-state index is -1.31. The third-order valence-corrected chi connectivity index (χ3v) is 6.08. The first-order valence-electron chi connectivity index (χ1n) is 9.89. The lowest BCUT2D eigenvalue weighted by atomic mass is 9.91. The van der Waals surface area contributed by atoms with Gasteiger partial charge in [-0.15, -0.1) is 11.8 Å². The van der Waals surface area contributed by atoms with Gasteiger partial charge in [0.2, 0.25) is 5.91 Å². The summed E-state index contributed by atoms with van der Waals surface area (Å²) < 4.78 is 11.3. The number of rotatable bonds is 5. The van der Waals surface area contributed by atoms with Crippen LogP contribution in [0.1, 0.15) is 18.9 Å². The Morgan fingerprint density at radius 1 is 1.16 bits per heavy atom. The van der Waals surface area contributed by atoms with E-state index in [-0.39, 0.29) is 6.54 Å². The van der Waals surface area contributed by atoms with E-state index in [9.17, 15) is 14.4 Å². The standard InChI is InChI=1S/C22H23N3O5S/c1-22(14-8-9-16-17(12-14)30-11-5-10-29-16)20(27)25(21(28)24-22)13-19(26)23-15-6-3-4-7-18(15)31-2/h3-4,6-9,12H,5,10-11,13H2,1-2H3,(H,23,26)(H,24,28). The number of anilines is 1. The fourth-order valence-corrected chi connectivity index (χ4v) is 4.15. The molecule has 162 valence electrons. The number of carbonyl (C=O) groups excluding carboxylic acids is 3. The van der Waals surface area contributed by atoms with E-state index in [1.165, 1.54) is 11.8 Å². The zero-order chi connectivity index (χ0) is 22.0. The molecule has 4 rings (SSSR count). The van der Waals surface area contributed by atoms with E-state index in [0.29, 0.717) is 36.0 Å². The van der Waals surface area contributed by atoms with Gasteiger partial charge in [-0.2, -0.15) is 0 Å². The number of hydrogen-bond donors (Lipinski definition) is 2. The van der Waals surface area contributed by atoms with Gasteiger partial charge >= 0.3 is 6.03 Å². The molecule has 2 N–H and O–H groups in total. The Hall–Kier alpha value is -3.20. The van der Waals surface area contributed by atoms with E-state index >= 15 is 0 Å². The van der Waals surface area contributed by atoms with E-state index in [4.69, 9.17) is 9.47 Å². The molecule has 1 unspecified atom stereocenters. The summed E-state index contributed by atoms with van der Waals surface area (Å²) in [5, 5.41) is 5.49. The van der Waals surface area contributed by atoms with Crippen molar-refractivity contribution in [1.82, 2.24) is 10.2 Å². The predicted octanol–water partition coefficient (Wildman–Crippen LogP) is 2.98. The SMILES string of the molecule is CSc1ccccc1NC(=O)CN1C(=O)NC(C)(c2ccc3c(c2)OCCCO3)C1=O. The molecule has 2 aliphatic rings. The van der Waals surface area contributed by atoms with Crippen molar-refractivity contribution in [3.8, 4) is 11.5 Å². The molecule has 0 aromatic heterocycles. The number of imide groups is 1. The summed E-state index contributed by atoms with van der Waals surface area (Å²) in [5.41, 5.74) is -0.109. The van der Waals surface area contributed by atoms with Crippen LogP contribution in [0.15, 0.2) is 47.4 Å². The number of benzene rings is 2. The molecule has 1 atom stereocenters. The Balaban J connectivity index is 1.52. The second kappa shape index (κ2) is 8.50. The van der Waals surface area contributed by atoms with Gasteiger partial charge in [0.1, 0.15) is 12.1 Å². The Morgan fingerprint density at radius 3 is 2.68 bits per heavy atom. The maximum Gasteiger partial charge on any atom is 0.325 e. The number of thioether (sulfide) groups is 1. The third kappa shape index (κ3) is 4.05. The van der Waals surface area contributed by atoms with Crippen LogP contribution in [0.4, 0.5) is 10.5 Å². The zero-order valence-corrected chi connectivity index (χ0v) is 18.1. The molecule has 1 fully saturated rings. The van der Waals surface area contributed by atoms with Gasteiger partial charge in [0.05, 0.1) is 18.9 Å². The zero-order valence-electron chi connectivity index (χ0n) is 17.3. The summed E-state index contributed by atoms with van der Waals surface area (Å²) in [5.74, 6) is 0.182. The van der Waals surface area contributed by atoms with Gasteiger partial charge in [-0.3, -0.25) is 14.5 Å². The van der Waals surface area contributed by atoms with E-state index in [1.807, 2.05) is 24.5 Å². The second-order valence-corrected chi connectivity index (χ2v) is 8.25. The van der Waals surface area contributed by atoms with Crippen molar-refractivity contribution < 1.29 is 23.9 Å². The number of ether oxygens (including phenoxy) is 2. The number of nitrogens with one attached hydrogen (secondary N) is 2. The van der Waals surface area contributed by atoms with Crippen molar-refractivity contribution in [1.29, 1.82) is 0 Å². The molecule has 9 heteroatoms. The highest BCUT2D eigenvalue weighted by molar-refractivity contribution is 7.98. The van der Waals surface area contributed by atoms with Crippen LogP contribution in [0.25, 0.3) is 0 Å². The molecule has 2 heterocycles. The first kappa shape index (κ1) is 21.0. The Morgan fingerprint density at radius 2 is 1.90 bits per heavy atom. The van der Waals surface area contributed by atoms with Crippen LogP contribution in [0, 0.1) is 0 Å². The molecule has 8 nitrogen and oxygen atoms in total. The van der Waals surface area contributed by atoms with Gasteiger partial charge in [0.15, 0.2) is 11.5 Å². The predicted molar refractivity (Wildman–Crippen MR) is 116 cm³/mol. The van der Waals surface area contributed by atoms with Gasteiger partial charge in [-0.1, -0.05) is 18.2 Å². The maximum absolute atomic E-state index is 13.2. The molecule has 2 aromatic carbocycles. The van der Waals surface area contributed by atoms with Crippen LogP contribution < -0.4 is 20.1 Å². The summed E-state index contributed by atoms with van der Waals surface area (Å²) in [4.78, 5) is 40.2. The van der Waals surface area contributed by atoms with E-state index in [2.05, 4.69) is 10.6 Å². The second-order valence-electron chi connectivity index (χ2n) is 7.41. The molecule has 0 spiro atoms. The molecule has 0 saturated carbocycles. The summed E-state index contributed by atoms with van der Waals surface area (Å²) in [6.07, 6.45) is 2.67. The first-order valence-corrected chi connectivity index (χ1v) is 11.1. The minimum absolute atomic E-state index is 0.381. The lowest BCUT2D eigenvalue weighted by Crippen LogP contribution is -2.42. The van der Waals surface area contributed by atoms with E-state index < -0.39 is 23.4 Å². The number of amides is 4. The first-order chi connectivity index (χ1) is 14.9. The van der Waals surface area contributed by atoms with Crippen molar-refractivity contribution in [2.24, 2.45) is 0 Å². The topological polar surface area (TPSA) is 97.0 Å². The summed E-state index contributed by atoms with van der Waals surface area (Å²) >= 11 is 1.49. The molecule has 0 aliphatic carbocycles. The summed E-state index contributed by atoms with van der Waals surface area (Å²) in [7, 11) is 0. The fourth-order valence-electron chi connectivity index (χ4n) is 3.59. The molecule has 0 bridgehead atoms. The Labute approximate surface area is 184 Å². The van der Waals surface area contributed by atoms with Gasteiger partial charge < -0.3 is 20.1 Å². The highest BCUT2D eigenvalue weighted by Gasteiger charge is 2.49. The Bertz CT molecular complexity index is 1040. The molecular formula is C22H23N3O5S. The van der Waals surface area contributed by atoms with Crippen molar-refractivity contribution in [3.63, 3.8) is 0 Å². The fraction of sp³-hybridized carbons (Fsp3) is 0.318. The largest absolute Gasteiger partial charge is 0.490 e. The Kier molecular flexibility index (Phi) is 5.77. The molecule has 2 aliphatic heterocycles. The molecule has 31 heavy (non-hydrogen) atoms. The van der Waals surface area contributed by atoms with Gasteiger partial charge in [0.25, 0.3) is 5.91 Å². The summed E-state index contributed by atoms with van der Waals surface area (Å²) in [6.45, 7) is 2.31. The van der Waals surface area contributed by atoms with Gasteiger partial charge in [-0.05, 0) is 43.0 Å². The number of hydrogen-bond acceptors (Lipinski definition) is 6. The van der Waals surface area contributed by atoms with Crippen LogP contribution in [-0.2, 0) is 15.1 Å². The monoisotopic (exact) mass is 441 g/mol. The van der Waals surface area contributed by atoms with Crippen LogP contribution in [-0.4, -0.2) is 48.8 Å². The minimum Gasteiger partial charge on any atom is -0.490 e. The quantitative estimate of drug-likeness (QED) is 0.547. The lowest BCUT2D eigenvalue weighted by molar-refractivity contribution is -0.133. The van der Waals surface area contributed by atoms with Crippen LogP contribution in [0.2, 0.25) is 0 Å². The highest BCUT2D eigenvalue weighted by Crippen LogP contribution is 2.36. The molecular weight excluding hydrogens is 418 g/mol. The van der Waals surface area contributed by atoms with Gasteiger partial charge in [-0.25, -0.2) is 4.79 Å². The molecule has 2 aromatic rings. The highest BCUT2D eigenvalue weighted by atomic mass is 32.2. The van der Waals surface area contributed by atoms with E-state index in [1.54, 1.807) is 31.2 Å². The number of para-hydroxylation sites is 1. The van der Waals surface area contributed by atoms with Gasteiger partial charge in [0, 0.05) is 11.3 Å². The van der Waals surface area contributed by atoms with Crippen LogP contribution >= 0.6 is 11.8 Å². The normalized spacial score (nSPS) is 20.3.